The van der Waals surface area contributed by atoms with Gasteiger partial charge in [0.05, 0.1) is 40.9 Å². The van der Waals surface area contributed by atoms with E-state index in [2.05, 4.69) is 44.1 Å². The number of pyridine rings is 1. The van der Waals surface area contributed by atoms with E-state index in [1.54, 1.807) is 17.5 Å². The number of fused-ring (bicyclic) bond motifs is 1. The zero-order valence-corrected chi connectivity index (χ0v) is 20.5. The maximum absolute atomic E-state index is 13.4. The van der Waals surface area contributed by atoms with Crippen molar-refractivity contribution in [3.8, 4) is 10.6 Å². The number of ether oxygens (including phenoxy) is 1. The summed E-state index contributed by atoms with van der Waals surface area (Å²) in [5.41, 5.74) is 0.207. The Labute approximate surface area is 199 Å². The fourth-order valence-electron chi connectivity index (χ4n) is 4.39. The summed E-state index contributed by atoms with van der Waals surface area (Å²) in [7, 11) is -3.91. The Bertz CT molecular complexity index is 1310. The van der Waals surface area contributed by atoms with E-state index in [4.69, 9.17) is 4.74 Å². The lowest BCUT2D eigenvalue weighted by molar-refractivity contribution is -0.0523. The Morgan fingerprint density at radius 3 is 2.53 bits per heavy atom. The minimum atomic E-state index is -3.91. The second kappa shape index (κ2) is 8.45. The van der Waals surface area contributed by atoms with Crippen molar-refractivity contribution < 1.29 is 21.9 Å². The first-order valence-corrected chi connectivity index (χ1v) is 13.1. The molecule has 0 bridgehead atoms. The van der Waals surface area contributed by atoms with Crippen LogP contribution in [0, 0.1) is 0 Å². The number of hydrogen-bond donors (Lipinski definition) is 2. The molecule has 5 heterocycles. The number of sulfonamides is 1. The van der Waals surface area contributed by atoms with E-state index in [9.17, 15) is 17.2 Å². The van der Waals surface area contributed by atoms with Gasteiger partial charge in [0.25, 0.3) is 6.43 Å². The summed E-state index contributed by atoms with van der Waals surface area (Å²) >= 11 is 0.761. The summed E-state index contributed by atoms with van der Waals surface area (Å²) < 4.78 is 62.5. The lowest BCUT2D eigenvalue weighted by Gasteiger charge is -2.39. The van der Waals surface area contributed by atoms with Crippen molar-refractivity contribution in [2.75, 3.05) is 31.2 Å². The van der Waals surface area contributed by atoms with Crippen LogP contribution >= 0.6 is 11.3 Å². The molecule has 3 aromatic heterocycles. The smallest absolute Gasteiger partial charge is 0.291 e. The summed E-state index contributed by atoms with van der Waals surface area (Å²) in [6.07, 6.45) is -1.23. The molecule has 0 aliphatic carbocycles. The predicted molar refractivity (Wildman–Crippen MR) is 123 cm³/mol. The molecule has 2 aliphatic rings. The number of alkyl halides is 2. The van der Waals surface area contributed by atoms with Gasteiger partial charge in [-0.15, -0.1) is 10.2 Å². The lowest BCUT2D eigenvalue weighted by atomic mass is 10.0. The highest BCUT2D eigenvalue weighted by molar-refractivity contribution is 7.89. The van der Waals surface area contributed by atoms with Crippen molar-refractivity contribution in [2.45, 2.75) is 49.7 Å². The fourth-order valence-corrected chi connectivity index (χ4v) is 6.51. The van der Waals surface area contributed by atoms with E-state index in [0.717, 1.165) is 11.3 Å². The topological polar surface area (TPSA) is 114 Å². The number of rotatable bonds is 6. The van der Waals surface area contributed by atoms with Crippen LogP contribution in [-0.2, 0) is 14.8 Å². The average molecular weight is 514 g/mol. The normalized spacial score (nSPS) is 22.9. The molecule has 0 amide bonds. The Kier molecular flexibility index (Phi) is 5.83. The van der Waals surface area contributed by atoms with Gasteiger partial charge < -0.3 is 15.0 Å². The Hall–Kier alpha value is -2.26. The quantitative estimate of drug-likeness (QED) is 0.515. The summed E-state index contributed by atoms with van der Waals surface area (Å²) in [5, 5.41) is 15.2. The first-order chi connectivity index (χ1) is 16.0. The van der Waals surface area contributed by atoms with Crippen LogP contribution in [0.5, 0.6) is 0 Å². The molecule has 2 aliphatic heterocycles. The molecule has 2 saturated heterocycles. The molecule has 3 aromatic rings. The highest BCUT2D eigenvalue weighted by Gasteiger charge is 2.38. The molecule has 10 nitrogen and oxygen atoms in total. The Morgan fingerprint density at radius 2 is 1.94 bits per heavy atom. The zero-order chi connectivity index (χ0) is 24.3. The average Bonchev–Trinajstić information content (AvgIpc) is 3.38. The number of aromatic nitrogens is 4. The van der Waals surface area contributed by atoms with Crippen LogP contribution in [0.3, 0.4) is 0 Å². The van der Waals surface area contributed by atoms with Crippen LogP contribution in [0.15, 0.2) is 23.2 Å². The van der Waals surface area contributed by atoms with Crippen LogP contribution in [0.2, 0.25) is 0 Å². The van der Waals surface area contributed by atoms with Crippen molar-refractivity contribution in [2.24, 2.45) is 0 Å². The van der Waals surface area contributed by atoms with E-state index in [-0.39, 0.29) is 35.2 Å². The van der Waals surface area contributed by atoms with Gasteiger partial charge in [0.2, 0.25) is 10.0 Å². The third-order valence-electron chi connectivity index (χ3n) is 5.85. The largest absolute Gasteiger partial charge is 0.377 e. The number of hydrogen-bond acceptors (Lipinski definition) is 9. The summed E-state index contributed by atoms with van der Waals surface area (Å²) in [4.78, 5) is 2.13. The summed E-state index contributed by atoms with van der Waals surface area (Å²) in [5.74, 6) is 0.595. The van der Waals surface area contributed by atoms with Gasteiger partial charge in [-0.05, 0) is 26.8 Å². The van der Waals surface area contributed by atoms with E-state index >= 15 is 0 Å². The zero-order valence-electron chi connectivity index (χ0n) is 18.8. The van der Waals surface area contributed by atoms with E-state index in [0.29, 0.717) is 30.0 Å². The lowest BCUT2D eigenvalue weighted by Crippen LogP contribution is -2.59. The van der Waals surface area contributed by atoms with Gasteiger partial charge in [-0.2, -0.15) is 5.10 Å². The van der Waals surface area contributed by atoms with E-state index in [1.165, 1.54) is 12.3 Å². The van der Waals surface area contributed by atoms with Crippen LogP contribution in [0.25, 0.3) is 16.1 Å². The number of piperazine rings is 1. The first kappa shape index (κ1) is 23.5. The second-order valence-electron chi connectivity index (χ2n) is 9.18. The van der Waals surface area contributed by atoms with E-state index in [1.807, 2.05) is 0 Å². The standard InChI is InChI=1S/C20H25F2N7O3S2/c1-11-7-28(8-12(2)24-11)16-5-13(34(30,31)27-20(3)9-32-10-20)4-15-14(6-23-29(15)16)18-25-26-19(33-18)17(21)22/h4-6,11-12,17,24,27H,7-10H2,1-3H3/t11-,12-/m0/s1. The van der Waals surface area contributed by atoms with E-state index < -0.39 is 27.0 Å². The van der Waals surface area contributed by atoms with Crippen molar-refractivity contribution in [1.29, 1.82) is 0 Å². The Balaban J connectivity index is 1.65. The summed E-state index contributed by atoms with van der Waals surface area (Å²) in [6.45, 7) is 7.75. The molecular weight excluding hydrogens is 488 g/mol. The van der Waals surface area contributed by atoms with Gasteiger partial charge in [0.15, 0.2) is 10.0 Å². The van der Waals surface area contributed by atoms with Gasteiger partial charge in [-0.3, -0.25) is 0 Å². The first-order valence-electron chi connectivity index (χ1n) is 10.8. The van der Waals surface area contributed by atoms with Crippen molar-refractivity contribution in [1.82, 2.24) is 29.9 Å². The molecule has 0 unspecified atom stereocenters. The number of nitrogens with zero attached hydrogens (tertiary/aromatic N) is 5. The van der Waals surface area contributed by atoms with Gasteiger partial charge in [-0.25, -0.2) is 26.4 Å². The SMILES string of the molecule is C[C@H]1CN(c2cc(S(=O)(=O)NC3(C)COC3)cc3c(-c4nnc(C(F)F)s4)cnn23)C[C@H](C)N1. The number of halogens is 2. The third-order valence-corrected chi connectivity index (χ3v) is 8.43. The molecule has 14 heteroatoms. The third kappa shape index (κ3) is 4.28. The van der Waals surface area contributed by atoms with Gasteiger partial charge in [-0.1, -0.05) is 11.3 Å². The maximum Gasteiger partial charge on any atom is 0.291 e. The van der Waals surface area contributed by atoms with Crippen molar-refractivity contribution >= 4 is 32.7 Å². The van der Waals surface area contributed by atoms with Crippen molar-refractivity contribution in [3.63, 3.8) is 0 Å². The molecule has 0 radical (unpaired) electrons. The molecule has 5 rings (SSSR count). The molecule has 0 saturated carbocycles. The van der Waals surface area contributed by atoms with Crippen LogP contribution < -0.4 is 14.9 Å². The van der Waals surface area contributed by atoms with Crippen LogP contribution in [0.1, 0.15) is 32.2 Å². The van der Waals surface area contributed by atoms with Crippen molar-refractivity contribution in [3.05, 3.63) is 23.3 Å². The maximum atomic E-state index is 13.4. The monoisotopic (exact) mass is 513 g/mol. The molecule has 184 valence electrons. The summed E-state index contributed by atoms with van der Waals surface area (Å²) in [6, 6.07) is 3.45. The van der Waals surface area contributed by atoms with Gasteiger partial charge in [0.1, 0.15) is 5.82 Å². The molecule has 0 aromatic carbocycles. The highest BCUT2D eigenvalue weighted by Crippen LogP contribution is 2.35. The fraction of sp³-hybridized carbons (Fsp3) is 0.550. The molecular formula is C20H25F2N7O3S2. The predicted octanol–water partition coefficient (Wildman–Crippen LogP) is 2.04. The minimum Gasteiger partial charge on any atom is -0.377 e. The molecule has 0 spiro atoms. The molecule has 34 heavy (non-hydrogen) atoms. The van der Waals surface area contributed by atoms with Gasteiger partial charge in [0, 0.05) is 31.2 Å². The van der Waals surface area contributed by atoms with Crippen LogP contribution in [-0.4, -0.2) is 72.2 Å². The van der Waals surface area contributed by atoms with Crippen LogP contribution in [0.4, 0.5) is 14.6 Å². The number of nitrogens with one attached hydrogen (secondary N) is 2. The Morgan fingerprint density at radius 1 is 1.24 bits per heavy atom. The van der Waals surface area contributed by atoms with Gasteiger partial charge >= 0.3 is 0 Å². The molecule has 2 atom stereocenters. The minimum absolute atomic E-state index is 0.0577. The second-order valence-corrected chi connectivity index (χ2v) is 11.9. The highest BCUT2D eigenvalue weighted by atomic mass is 32.2. The molecule has 2 N–H and O–H groups in total. The number of anilines is 1. The molecule has 2 fully saturated rings.